The van der Waals surface area contributed by atoms with Gasteiger partial charge in [-0.25, -0.2) is 0 Å². The molecule has 0 N–H and O–H groups in total. The first kappa shape index (κ1) is 25.3. The number of nitrogens with zero attached hydrogens (tertiary/aromatic N) is 1. The maximum atomic E-state index is 14.0. The smallest absolute Gasteiger partial charge is 0.326 e. The summed E-state index contributed by atoms with van der Waals surface area (Å²) in [6.45, 7) is 6.16. The summed E-state index contributed by atoms with van der Waals surface area (Å²) in [7, 11) is 0. The second-order valence-corrected chi connectivity index (χ2v) is 14.1. The zero-order valence-electron chi connectivity index (χ0n) is 21.2. The Morgan fingerprint density at radius 3 is 1.81 bits per heavy atom. The standard InChI is InChI=1S/C30H31Br2NO4/c1-16(2)18-13-12-17(3)14-23(18)37-24(34)15-33-27(35)25-26(28(33)36)30(32)20-9-5-4-8-19(20)29(25,31)21-10-6-7-11-22(21)30/h4-11,16-18,23,25-26H,12-15H2,1-3H3/t17-,18-,23+,25-,26-,29?,30?/m0/s1. The number of esters is 1. The van der Waals surface area contributed by atoms with E-state index in [9.17, 15) is 14.4 Å². The van der Waals surface area contributed by atoms with Crippen LogP contribution in [0.25, 0.3) is 0 Å². The lowest BCUT2D eigenvalue weighted by Crippen LogP contribution is -2.56. The summed E-state index contributed by atoms with van der Waals surface area (Å²) in [5.74, 6) is -1.31. The first-order valence-corrected chi connectivity index (χ1v) is 14.8. The number of halogens is 2. The zero-order valence-corrected chi connectivity index (χ0v) is 24.4. The van der Waals surface area contributed by atoms with Gasteiger partial charge in [0.05, 0.1) is 20.5 Å². The minimum atomic E-state index is -0.854. The maximum Gasteiger partial charge on any atom is 0.326 e. The van der Waals surface area contributed by atoms with Crippen LogP contribution < -0.4 is 0 Å². The van der Waals surface area contributed by atoms with Gasteiger partial charge in [0, 0.05) is 0 Å². The molecule has 2 fully saturated rings. The van der Waals surface area contributed by atoms with Crippen molar-refractivity contribution < 1.29 is 19.1 Å². The minimum Gasteiger partial charge on any atom is -0.461 e. The second kappa shape index (κ2) is 8.77. The SMILES string of the molecule is CC(C)[C@@H]1CC[C@H](C)C[C@H]1OC(=O)CN1C(=O)[C@@H]2[C@@H](C1=O)C1(Br)c3ccccc3C2(Br)c2ccccc21. The molecule has 5 atom stereocenters. The van der Waals surface area contributed by atoms with Gasteiger partial charge in [0.1, 0.15) is 12.6 Å². The fraction of sp³-hybridized carbons (Fsp3) is 0.500. The van der Waals surface area contributed by atoms with Gasteiger partial charge in [0.15, 0.2) is 0 Å². The highest BCUT2D eigenvalue weighted by atomic mass is 79.9. The highest BCUT2D eigenvalue weighted by Crippen LogP contribution is 2.70. The van der Waals surface area contributed by atoms with Crippen molar-refractivity contribution in [2.45, 2.75) is 54.8 Å². The van der Waals surface area contributed by atoms with Gasteiger partial charge in [-0.15, -0.1) is 0 Å². The first-order valence-electron chi connectivity index (χ1n) is 13.2. The predicted octanol–water partition coefficient (Wildman–Crippen LogP) is 5.90. The number of alkyl halides is 2. The third-order valence-corrected chi connectivity index (χ3v) is 11.9. The van der Waals surface area contributed by atoms with E-state index in [-0.39, 0.29) is 24.5 Å². The third kappa shape index (κ3) is 3.42. The molecule has 5 nitrogen and oxygen atoms in total. The average molecular weight is 629 g/mol. The Hall–Kier alpha value is -1.99. The molecule has 194 valence electrons. The van der Waals surface area contributed by atoms with E-state index in [1.807, 2.05) is 48.5 Å². The largest absolute Gasteiger partial charge is 0.461 e. The van der Waals surface area contributed by atoms with Crippen molar-refractivity contribution in [3.8, 4) is 0 Å². The number of benzene rings is 2. The van der Waals surface area contributed by atoms with Crippen molar-refractivity contribution in [3.63, 3.8) is 0 Å². The van der Waals surface area contributed by atoms with Crippen LogP contribution in [-0.2, 0) is 27.8 Å². The van der Waals surface area contributed by atoms with Crippen LogP contribution in [0.2, 0.25) is 0 Å². The summed E-state index contributed by atoms with van der Waals surface area (Å²) in [6.07, 6.45) is 2.80. The van der Waals surface area contributed by atoms with Crippen molar-refractivity contribution >= 4 is 49.6 Å². The molecule has 2 amide bonds. The molecule has 0 radical (unpaired) electrons. The van der Waals surface area contributed by atoms with E-state index >= 15 is 0 Å². The Labute approximate surface area is 234 Å². The van der Waals surface area contributed by atoms with E-state index in [2.05, 4.69) is 52.6 Å². The van der Waals surface area contributed by atoms with Crippen LogP contribution in [0, 0.1) is 29.6 Å². The van der Waals surface area contributed by atoms with E-state index in [4.69, 9.17) is 4.74 Å². The van der Waals surface area contributed by atoms with Crippen LogP contribution in [-0.4, -0.2) is 35.3 Å². The van der Waals surface area contributed by atoms with Crippen molar-refractivity contribution in [3.05, 3.63) is 70.8 Å². The van der Waals surface area contributed by atoms with Gasteiger partial charge < -0.3 is 4.74 Å². The lowest BCUT2D eigenvalue weighted by molar-refractivity contribution is -0.161. The molecular formula is C30H31Br2NO4. The number of hydrogen-bond donors (Lipinski definition) is 0. The quantitative estimate of drug-likeness (QED) is 0.240. The van der Waals surface area contributed by atoms with Gasteiger partial charge in [-0.1, -0.05) is 108 Å². The Kier molecular flexibility index (Phi) is 6.00. The summed E-state index contributed by atoms with van der Waals surface area (Å²) in [4.78, 5) is 42.4. The lowest BCUT2D eigenvalue weighted by atomic mass is 9.54. The number of ether oxygens (including phenoxy) is 1. The van der Waals surface area contributed by atoms with Crippen LogP contribution >= 0.6 is 31.9 Å². The molecule has 0 unspecified atom stereocenters. The number of hydrogen-bond acceptors (Lipinski definition) is 4. The molecule has 2 bridgehead atoms. The van der Waals surface area contributed by atoms with Crippen molar-refractivity contribution in [2.75, 3.05) is 6.54 Å². The highest BCUT2D eigenvalue weighted by molar-refractivity contribution is 9.10. The zero-order chi connectivity index (χ0) is 26.3. The highest BCUT2D eigenvalue weighted by Gasteiger charge is 2.72. The Morgan fingerprint density at radius 2 is 1.38 bits per heavy atom. The Morgan fingerprint density at radius 1 is 0.919 bits per heavy atom. The summed E-state index contributed by atoms with van der Waals surface area (Å²) >= 11 is 7.99. The molecule has 37 heavy (non-hydrogen) atoms. The molecular weight excluding hydrogens is 598 g/mol. The predicted molar refractivity (Wildman–Crippen MR) is 147 cm³/mol. The van der Waals surface area contributed by atoms with Gasteiger partial charge in [-0.05, 0) is 52.8 Å². The number of amides is 2. The van der Waals surface area contributed by atoms with Crippen LogP contribution in [0.1, 0.15) is 62.3 Å². The topological polar surface area (TPSA) is 63.7 Å². The van der Waals surface area contributed by atoms with Gasteiger partial charge in [0.2, 0.25) is 11.8 Å². The molecule has 7 heteroatoms. The molecule has 1 saturated heterocycles. The fourth-order valence-electron chi connectivity index (χ4n) is 7.47. The van der Waals surface area contributed by atoms with E-state index in [1.165, 1.54) is 0 Å². The Balaban J connectivity index is 1.34. The molecule has 0 aromatic heterocycles. The number of rotatable bonds is 4. The fourth-order valence-corrected chi connectivity index (χ4v) is 9.77. The molecule has 1 aliphatic heterocycles. The van der Waals surface area contributed by atoms with Crippen LogP contribution in [0.3, 0.4) is 0 Å². The number of imide groups is 1. The van der Waals surface area contributed by atoms with Crippen LogP contribution in [0.4, 0.5) is 0 Å². The molecule has 1 heterocycles. The molecule has 4 aliphatic carbocycles. The van der Waals surface area contributed by atoms with E-state index in [0.29, 0.717) is 17.8 Å². The van der Waals surface area contributed by atoms with Crippen molar-refractivity contribution in [1.29, 1.82) is 0 Å². The van der Waals surface area contributed by atoms with Crippen LogP contribution in [0.15, 0.2) is 48.5 Å². The molecule has 0 spiro atoms. The number of likely N-dealkylation sites (tertiary alicyclic amines) is 1. The number of carbonyl (C=O) groups is 3. The van der Waals surface area contributed by atoms with Gasteiger partial charge in [-0.3, -0.25) is 19.3 Å². The summed E-state index contributed by atoms with van der Waals surface area (Å²) in [5.41, 5.74) is 3.92. The third-order valence-electron chi connectivity index (χ3n) is 9.21. The lowest BCUT2D eigenvalue weighted by Gasteiger charge is -2.55. The minimum absolute atomic E-state index is 0.180. The number of carbonyl (C=O) groups excluding carboxylic acids is 3. The van der Waals surface area contributed by atoms with Gasteiger partial charge in [0.25, 0.3) is 0 Å². The van der Waals surface area contributed by atoms with Gasteiger partial charge in [-0.2, -0.15) is 0 Å². The van der Waals surface area contributed by atoms with E-state index in [1.54, 1.807) is 0 Å². The van der Waals surface area contributed by atoms with Crippen molar-refractivity contribution in [2.24, 2.45) is 29.6 Å². The van der Waals surface area contributed by atoms with Gasteiger partial charge >= 0.3 is 5.97 Å². The maximum absolute atomic E-state index is 14.0. The average Bonchev–Trinajstić information content (AvgIpc) is 3.13. The molecule has 2 aromatic rings. The summed E-state index contributed by atoms with van der Waals surface area (Å²) in [6, 6.07) is 15.9. The molecule has 1 saturated carbocycles. The van der Waals surface area contributed by atoms with E-state index < -0.39 is 26.5 Å². The Bertz CT molecular complexity index is 1180. The summed E-state index contributed by atoms with van der Waals surface area (Å²) in [5, 5.41) is 0. The van der Waals surface area contributed by atoms with Crippen LogP contribution in [0.5, 0.6) is 0 Å². The molecule has 2 aromatic carbocycles. The first-order chi connectivity index (χ1) is 17.6. The van der Waals surface area contributed by atoms with Crippen molar-refractivity contribution in [1.82, 2.24) is 4.90 Å². The molecule has 5 aliphatic rings. The monoisotopic (exact) mass is 627 g/mol. The second-order valence-electron chi connectivity index (χ2n) is 11.6. The van der Waals surface area contributed by atoms with E-state index in [0.717, 1.165) is 46.4 Å². The summed E-state index contributed by atoms with van der Waals surface area (Å²) < 4.78 is 4.27. The molecule has 7 rings (SSSR count). The normalized spacial score (nSPS) is 35.8.